The highest BCUT2D eigenvalue weighted by molar-refractivity contribution is 6.27. The highest BCUT2D eigenvalue weighted by Gasteiger charge is 2.13. The molecule has 1 saturated carbocycles. The van der Waals surface area contributed by atoms with Crippen LogP contribution in [-0.2, 0) is 9.59 Å². The van der Waals surface area contributed by atoms with E-state index in [2.05, 4.69) is 5.32 Å². The molecule has 0 amide bonds. The number of nitrogens with one attached hydrogen (secondary N) is 1. The second-order valence-corrected chi connectivity index (χ2v) is 5.50. The summed E-state index contributed by atoms with van der Waals surface area (Å²) in [5.74, 6) is -2.96. The Labute approximate surface area is 144 Å². The van der Waals surface area contributed by atoms with Crippen molar-refractivity contribution in [1.82, 2.24) is 5.32 Å². The molecule has 1 aliphatic rings. The van der Waals surface area contributed by atoms with Gasteiger partial charge in [0.2, 0.25) is 0 Å². The van der Waals surface area contributed by atoms with Gasteiger partial charge in [-0.2, -0.15) is 0 Å². The minimum Gasteiger partial charge on any atom is -0.494 e. The van der Waals surface area contributed by atoms with E-state index >= 15 is 0 Å². The Morgan fingerprint density at radius 3 is 2.20 bits per heavy atom. The monoisotopic (exact) mass is 354 g/mol. The molecule has 1 aromatic rings. The third-order valence-corrected chi connectivity index (χ3v) is 3.61. The molecule has 1 aromatic carbocycles. The zero-order valence-electron chi connectivity index (χ0n) is 13.7. The van der Waals surface area contributed by atoms with E-state index in [4.69, 9.17) is 24.5 Å². The Kier molecular flexibility index (Phi) is 8.94. The Hall–Kier alpha value is -2.68. The number of nitrogens with zero attached hydrogens (tertiary/aromatic N) is 1. The zero-order chi connectivity index (χ0) is 18.7. The standard InChI is InChI=1S/C14H20N2O3.C2H2O4/c17-16(18)13-6-8-14(9-7-13)19-11-3-10-15-12-4-1-2-5-12;3-1(4)2(5)6/h6-9,12,15H,1-5,10-11H2;(H,3,4)(H,5,6). The van der Waals surface area contributed by atoms with Crippen molar-refractivity contribution in [2.24, 2.45) is 0 Å². The number of non-ortho nitro benzene ring substituents is 1. The van der Waals surface area contributed by atoms with Crippen LogP contribution in [0.25, 0.3) is 0 Å². The Morgan fingerprint density at radius 2 is 1.72 bits per heavy atom. The quantitative estimate of drug-likeness (QED) is 0.292. The van der Waals surface area contributed by atoms with Crippen LogP contribution in [0.4, 0.5) is 5.69 Å². The molecule has 0 aromatic heterocycles. The van der Waals surface area contributed by atoms with Crippen LogP contribution in [0, 0.1) is 10.1 Å². The molecule has 0 saturated heterocycles. The predicted molar refractivity (Wildman–Crippen MR) is 88.7 cm³/mol. The van der Waals surface area contributed by atoms with Gasteiger partial charge in [-0.05, 0) is 37.9 Å². The van der Waals surface area contributed by atoms with Crippen molar-refractivity contribution in [2.45, 2.75) is 38.1 Å². The fourth-order valence-corrected chi connectivity index (χ4v) is 2.36. The molecule has 2 rings (SSSR count). The number of nitro groups is 1. The van der Waals surface area contributed by atoms with Crippen LogP contribution in [0.5, 0.6) is 5.75 Å². The molecule has 0 aliphatic heterocycles. The fourth-order valence-electron chi connectivity index (χ4n) is 2.36. The number of ether oxygens (including phenoxy) is 1. The molecule has 0 radical (unpaired) electrons. The van der Waals surface area contributed by atoms with Crippen molar-refractivity contribution >= 4 is 17.6 Å². The highest BCUT2D eigenvalue weighted by Crippen LogP contribution is 2.18. The van der Waals surface area contributed by atoms with Gasteiger partial charge in [0, 0.05) is 18.2 Å². The first-order valence-electron chi connectivity index (χ1n) is 7.97. The molecule has 3 N–H and O–H groups in total. The van der Waals surface area contributed by atoms with Gasteiger partial charge in [-0.25, -0.2) is 9.59 Å². The van der Waals surface area contributed by atoms with Crippen LogP contribution < -0.4 is 10.1 Å². The van der Waals surface area contributed by atoms with Crippen molar-refractivity contribution < 1.29 is 29.5 Å². The van der Waals surface area contributed by atoms with Crippen molar-refractivity contribution in [3.05, 3.63) is 34.4 Å². The van der Waals surface area contributed by atoms with Gasteiger partial charge in [0.25, 0.3) is 5.69 Å². The van der Waals surface area contributed by atoms with Gasteiger partial charge in [-0.15, -0.1) is 0 Å². The lowest BCUT2D eigenvalue weighted by Crippen LogP contribution is -2.27. The minimum atomic E-state index is -1.82. The van der Waals surface area contributed by atoms with E-state index < -0.39 is 16.9 Å². The maximum Gasteiger partial charge on any atom is 0.414 e. The van der Waals surface area contributed by atoms with E-state index in [9.17, 15) is 10.1 Å². The maximum absolute atomic E-state index is 10.5. The zero-order valence-corrected chi connectivity index (χ0v) is 13.7. The molecule has 0 atom stereocenters. The lowest BCUT2D eigenvalue weighted by Gasteiger charge is -2.11. The van der Waals surface area contributed by atoms with E-state index in [-0.39, 0.29) is 5.69 Å². The first-order chi connectivity index (χ1) is 11.9. The summed E-state index contributed by atoms with van der Waals surface area (Å²) in [4.78, 5) is 28.3. The molecule has 9 heteroatoms. The molecule has 9 nitrogen and oxygen atoms in total. The second kappa shape index (κ2) is 11.0. The number of carboxylic acid groups (broad SMARTS) is 2. The number of rotatable bonds is 7. The summed E-state index contributed by atoms with van der Waals surface area (Å²) < 4.78 is 5.54. The smallest absolute Gasteiger partial charge is 0.414 e. The number of hydrogen-bond donors (Lipinski definition) is 3. The molecule has 0 spiro atoms. The number of carbonyl (C=O) groups is 2. The summed E-state index contributed by atoms with van der Waals surface area (Å²) in [5.41, 5.74) is 0.0928. The number of benzene rings is 1. The van der Waals surface area contributed by atoms with Gasteiger partial charge in [0.15, 0.2) is 0 Å². The van der Waals surface area contributed by atoms with Gasteiger partial charge in [-0.3, -0.25) is 10.1 Å². The SMILES string of the molecule is O=C(O)C(=O)O.O=[N+]([O-])c1ccc(OCCCNC2CCCC2)cc1. The molecule has 0 bridgehead atoms. The van der Waals surface area contributed by atoms with Crippen LogP contribution >= 0.6 is 0 Å². The molecular formula is C16H22N2O7. The topological polar surface area (TPSA) is 139 Å². The summed E-state index contributed by atoms with van der Waals surface area (Å²) >= 11 is 0. The maximum atomic E-state index is 10.5. The molecule has 25 heavy (non-hydrogen) atoms. The van der Waals surface area contributed by atoms with Crippen LogP contribution in [-0.4, -0.2) is 46.3 Å². The number of aliphatic carboxylic acids is 2. The van der Waals surface area contributed by atoms with Gasteiger partial charge in [-0.1, -0.05) is 12.8 Å². The largest absolute Gasteiger partial charge is 0.494 e. The average Bonchev–Trinajstić information content (AvgIpc) is 3.09. The molecule has 1 fully saturated rings. The van der Waals surface area contributed by atoms with Crippen LogP contribution in [0.2, 0.25) is 0 Å². The van der Waals surface area contributed by atoms with E-state index in [1.165, 1.54) is 37.8 Å². The summed E-state index contributed by atoms with van der Waals surface area (Å²) in [7, 11) is 0. The first-order valence-corrected chi connectivity index (χ1v) is 7.97. The number of nitro benzene ring substituents is 1. The first kappa shape index (κ1) is 20.4. The van der Waals surface area contributed by atoms with Crippen molar-refractivity contribution in [2.75, 3.05) is 13.2 Å². The molecule has 0 unspecified atom stereocenters. The van der Waals surface area contributed by atoms with Gasteiger partial charge in [0.05, 0.1) is 11.5 Å². The fraction of sp³-hybridized carbons (Fsp3) is 0.500. The Balaban J connectivity index is 0.000000450. The average molecular weight is 354 g/mol. The van der Waals surface area contributed by atoms with Gasteiger partial charge >= 0.3 is 11.9 Å². The number of carboxylic acids is 2. The third-order valence-electron chi connectivity index (χ3n) is 3.61. The lowest BCUT2D eigenvalue weighted by molar-refractivity contribution is -0.384. The highest BCUT2D eigenvalue weighted by atomic mass is 16.6. The molecular weight excluding hydrogens is 332 g/mol. The van der Waals surface area contributed by atoms with Crippen LogP contribution in [0.15, 0.2) is 24.3 Å². The summed E-state index contributed by atoms with van der Waals surface area (Å²) in [5, 5.41) is 28.8. The van der Waals surface area contributed by atoms with E-state index in [0.29, 0.717) is 18.4 Å². The Bertz CT molecular complexity index is 556. The summed E-state index contributed by atoms with van der Waals surface area (Å²) in [6.45, 7) is 1.61. The van der Waals surface area contributed by atoms with Crippen LogP contribution in [0.1, 0.15) is 32.1 Å². The van der Waals surface area contributed by atoms with Gasteiger partial charge < -0.3 is 20.3 Å². The van der Waals surface area contributed by atoms with Crippen molar-refractivity contribution in [3.8, 4) is 5.75 Å². The molecule has 1 aliphatic carbocycles. The summed E-state index contributed by atoms with van der Waals surface area (Å²) in [6.07, 6.45) is 6.23. The number of hydrogen-bond acceptors (Lipinski definition) is 6. The minimum absolute atomic E-state index is 0.0928. The van der Waals surface area contributed by atoms with E-state index in [1.54, 1.807) is 12.1 Å². The van der Waals surface area contributed by atoms with Crippen molar-refractivity contribution in [3.63, 3.8) is 0 Å². The normalized spacial score (nSPS) is 13.6. The van der Waals surface area contributed by atoms with E-state index in [1.807, 2.05) is 0 Å². The Morgan fingerprint density at radius 1 is 1.16 bits per heavy atom. The van der Waals surface area contributed by atoms with Crippen molar-refractivity contribution in [1.29, 1.82) is 0 Å². The van der Waals surface area contributed by atoms with Gasteiger partial charge in [0.1, 0.15) is 5.75 Å². The second-order valence-electron chi connectivity index (χ2n) is 5.50. The molecule has 138 valence electrons. The lowest BCUT2D eigenvalue weighted by atomic mass is 10.2. The van der Waals surface area contributed by atoms with E-state index in [0.717, 1.165) is 13.0 Å². The molecule has 0 heterocycles. The third kappa shape index (κ3) is 8.66. The predicted octanol–water partition coefficient (Wildman–Crippen LogP) is 2.05. The summed E-state index contributed by atoms with van der Waals surface area (Å²) in [6, 6.07) is 6.91. The van der Waals surface area contributed by atoms with Crippen LogP contribution in [0.3, 0.4) is 0 Å².